The minimum Gasteiger partial charge on any atom is -0.491 e. The van der Waals surface area contributed by atoms with Gasteiger partial charge in [-0.25, -0.2) is 4.79 Å². The van der Waals surface area contributed by atoms with Crippen molar-refractivity contribution in [1.29, 1.82) is 0 Å². The number of alkyl carbamates (subject to hydrolysis) is 1. The summed E-state index contributed by atoms with van der Waals surface area (Å²) in [6.45, 7) is 11.3. The zero-order valence-corrected chi connectivity index (χ0v) is 20.6. The molecule has 0 unspecified atom stereocenters. The van der Waals surface area contributed by atoms with Gasteiger partial charge in [0.1, 0.15) is 18.0 Å². The number of ether oxygens (including phenoxy) is 7. The molecule has 0 bridgehead atoms. The largest absolute Gasteiger partial charge is 0.491 e. The molecule has 0 saturated carbocycles. The second kappa shape index (κ2) is 18.5. The Morgan fingerprint density at radius 1 is 0.758 bits per heavy atom. The van der Waals surface area contributed by atoms with Crippen molar-refractivity contribution in [3.63, 3.8) is 0 Å². The number of hydrogen-bond donors (Lipinski definition) is 1. The van der Waals surface area contributed by atoms with Crippen molar-refractivity contribution in [1.82, 2.24) is 5.32 Å². The average Bonchev–Trinajstić information content (AvgIpc) is 2.76. The average molecular weight is 472 g/mol. The number of methoxy groups -OCH3 is 1. The van der Waals surface area contributed by atoms with E-state index in [1.54, 1.807) is 7.11 Å². The van der Waals surface area contributed by atoms with Gasteiger partial charge in [-0.1, -0.05) is 12.1 Å². The molecular weight excluding hydrogens is 430 g/mol. The summed E-state index contributed by atoms with van der Waals surface area (Å²) in [6.07, 6.45) is 0.316. The van der Waals surface area contributed by atoms with Crippen LogP contribution in [0.5, 0.6) is 5.75 Å². The maximum Gasteiger partial charge on any atom is 0.407 e. The van der Waals surface area contributed by atoms with E-state index in [-0.39, 0.29) is 0 Å². The summed E-state index contributed by atoms with van der Waals surface area (Å²) in [6, 6.07) is 7.78. The Morgan fingerprint density at radius 2 is 1.24 bits per heavy atom. The molecule has 1 rings (SSSR count). The maximum absolute atomic E-state index is 11.6. The van der Waals surface area contributed by atoms with Gasteiger partial charge < -0.3 is 38.5 Å². The summed E-state index contributed by atoms with van der Waals surface area (Å²) in [5, 5.41) is 2.75. The Morgan fingerprint density at radius 3 is 1.73 bits per heavy atom. The van der Waals surface area contributed by atoms with Crippen LogP contribution in [0.15, 0.2) is 24.3 Å². The van der Waals surface area contributed by atoms with Crippen molar-refractivity contribution in [2.45, 2.75) is 32.8 Å². The molecule has 0 aliphatic heterocycles. The number of carbonyl (C=O) groups excluding carboxylic acids is 1. The molecule has 0 fully saturated rings. The normalized spacial score (nSPS) is 11.4. The molecule has 0 saturated heterocycles. The molecule has 0 aliphatic carbocycles. The fourth-order valence-electron chi connectivity index (χ4n) is 2.50. The highest BCUT2D eigenvalue weighted by Crippen LogP contribution is 2.12. The molecule has 9 nitrogen and oxygen atoms in total. The Kier molecular flexibility index (Phi) is 16.3. The lowest BCUT2D eigenvalue weighted by molar-refractivity contribution is -0.00978. The first-order chi connectivity index (χ1) is 15.9. The Balaban J connectivity index is 1.94. The van der Waals surface area contributed by atoms with Crippen molar-refractivity contribution in [2.24, 2.45) is 0 Å². The van der Waals surface area contributed by atoms with E-state index in [4.69, 9.17) is 33.2 Å². The Labute approximate surface area is 198 Å². The van der Waals surface area contributed by atoms with E-state index in [9.17, 15) is 4.79 Å². The summed E-state index contributed by atoms with van der Waals surface area (Å²) in [4.78, 5) is 11.6. The lowest BCUT2D eigenvalue weighted by Crippen LogP contribution is -2.33. The van der Waals surface area contributed by atoms with Gasteiger partial charge in [-0.3, -0.25) is 0 Å². The number of amides is 1. The van der Waals surface area contributed by atoms with Crippen molar-refractivity contribution in [3.05, 3.63) is 29.8 Å². The van der Waals surface area contributed by atoms with Crippen molar-refractivity contribution in [3.8, 4) is 5.75 Å². The minimum absolute atomic E-state index is 0.402. The summed E-state index contributed by atoms with van der Waals surface area (Å²) in [7, 11) is 1.64. The quantitative estimate of drug-likeness (QED) is 0.308. The first kappa shape index (κ1) is 29.1. The van der Waals surface area contributed by atoms with Crippen LogP contribution in [0.1, 0.15) is 26.3 Å². The van der Waals surface area contributed by atoms with Crippen LogP contribution in [0.2, 0.25) is 0 Å². The predicted molar refractivity (Wildman–Crippen MR) is 125 cm³/mol. The fraction of sp³-hybridized carbons (Fsp3) is 0.708. The standard InChI is InChI=1S/C24H41NO8/c1-24(2,3)33-23(26)25-10-9-21-5-7-22(8-6-21)32-20-19-31-18-17-30-16-15-29-14-13-28-12-11-27-4/h5-8H,9-20H2,1-4H3,(H,25,26). The van der Waals surface area contributed by atoms with E-state index in [1.165, 1.54) is 0 Å². The molecule has 1 N–H and O–H groups in total. The number of rotatable bonds is 19. The third kappa shape index (κ3) is 18.2. The van der Waals surface area contributed by atoms with Gasteiger partial charge in [0.2, 0.25) is 0 Å². The molecule has 0 aliphatic rings. The van der Waals surface area contributed by atoms with Gasteiger partial charge in [0.15, 0.2) is 0 Å². The van der Waals surface area contributed by atoms with Crippen LogP contribution in [-0.4, -0.2) is 91.4 Å². The van der Waals surface area contributed by atoms with Crippen molar-refractivity contribution >= 4 is 6.09 Å². The molecule has 1 aromatic carbocycles. The van der Waals surface area contributed by atoms with Crippen LogP contribution < -0.4 is 10.1 Å². The summed E-state index contributed by atoms with van der Waals surface area (Å²) < 4.78 is 37.4. The number of benzene rings is 1. The van der Waals surface area contributed by atoms with E-state index in [1.807, 2.05) is 45.0 Å². The highest BCUT2D eigenvalue weighted by atomic mass is 16.6. The van der Waals surface area contributed by atoms with E-state index in [0.29, 0.717) is 72.6 Å². The number of nitrogens with one attached hydrogen (secondary N) is 1. The van der Waals surface area contributed by atoms with E-state index < -0.39 is 11.7 Å². The molecule has 1 aromatic rings. The summed E-state index contributed by atoms with van der Waals surface area (Å²) in [5.74, 6) is 0.780. The van der Waals surface area contributed by atoms with Gasteiger partial charge in [0, 0.05) is 13.7 Å². The SMILES string of the molecule is COCCOCCOCCOCCOCCOc1ccc(CCNC(=O)OC(C)(C)C)cc1. The first-order valence-electron chi connectivity index (χ1n) is 11.4. The molecular formula is C24H41NO8. The third-order valence-electron chi connectivity index (χ3n) is 4.05. The molecule has 0 aromatic heterocycles. The highest BCUT2D eigenvalue weighted by molar-refractivity contribution is 5.67. The molecule has 0 heterocycles. The van der Waals surface area contributed by atoms with Gasteiger partial charge in [-0.15, -0.1) is 0 Å². The monoisotopic (exact) mass is 471 g/mol. The van der Waals surface area contributed by atoms with Crippen LogP contribution >= 0.6 is 0 Å². The Bertz CT molecular complexity index is 603. The van der Waals surface area contributed by atoms with E-state index in [0.717, 1.165) is 17.7 Å². The molecule has 190 valence electrons. The first-order valence-corrected chi connectivity index (χ1v) is 11.4. The zero-order chi connectivity index (χ0) is 24.2. The highest BCUT2D eigenvalue weighted by Gasteiger charge is 2.15. The van der Waals surface area contributed by atoms with Gasteiger partial charge in [-0.2, -0.15) is 0 Å². The van der Waals surface area contributed by atoms with E-state index >= 15 is 0 Å². The van der Waals surface area contributed by atoms with Crippen LogP contribution in [0, 0.1) is 0 Å². The zero-order valence-electron chi connectivity index (χ0n) is 20.6. The second-order valence-corrected chi connectivity index (χ2v) is 8.11. The Hall–Kier alpha value is -1.91. The summed E-state index contributed by atoms with van der Waals surface area (Å²) >= 11 is 0. The van der Waals surface area contributed by atoms with Crippen molar-refractivity contribution in [2.75, 3.05) is 79.7 Å². The lowest BCUT2D eigenvalue weighted by Gasteiger charge is -2.19. The van der Waals surface area contributed by atoms with Gasteiger partial charge in [-0.05, 0) is 44.9 Å². The number of hydrogen-bond acceptors (Lipinski definition) is 8. The van der Waals surface area contributed by atoms with Gasteiger partial charge >= 0.3 is 6.09 Å². The third-order valence-corrected chi connectivity index (χ3v) is 4.05. The fourth-order valence-corrected chi connectivity index (χ4v) is 2.50. The van der Waals surface area contributed by atoms with Crippen LogP contribution in [0.25, 0.3) is 0 Å². The van der Waals surface area contributed by atoms with Crippen molar-refractivity contribution < 1.29 is 38.0 Å². The molecule has 33 heavy (non-hydrogen) atoms. The van der Waals surface area contributed by atoms with Crippen LogP contribution in [0.4, 0.5) is 4.79 Å². The van der Waals surface area contributed by atoms with Gasteiger partial charge in [0.05, 0.1) is 59.5 Å². The van der Waals surface area contributed by atoms with Crippen LogP contribution in [0.3, 0.4) is 0 Å². The van der Waals surface area contributed by atoms with Gasteiger partial charge in [0.25, 0.3) is 0 Å². The molecule has 0 radical (unpaired) electrons. The molecule has 9 heteroatoms. The number of carbonyl (C=O) groups is 1. The minimum atomic E-state index is -0.491. The molecule has 1 amide bonds. The predicted octanol–water partition coefficient (Wildman–Crippen LogP) is 2.85. The smallest absolute Gasteiger partial charge is 0.407 e. The second-order valence-electron chi connectivity index (χ2n) is 8.11. The lowest BCUT2D eigenvalue weighted by atomic mass is 10.1. The molecule has 0 atom stereocenters. The van der Waals surface area contributed by atoms with E-state index in [2.05, 4.69) is 5.32 Å². The molecule has 0 spiro atoms. The summed E-state index contributed by atoms with van der Waals surface area (Å²) in [5.41, 5.74) is 0.615. The van der Waals surface area contributed by atoms with Crippen LogP contribution in [-0.2, 0) is 34.8 Å². The maximum atomic E-state index is 11.6. The topological polar surface area (TPSA) is 93.7 Å².